The van der Waals surface area contributed by atoms with Crippen molar-refractivity contribution in [2.75, 3.05) is 13.7 Å². The molecule has 6 atom stereocenters. The van der Waals surface area contributed by atoms with E-state index in [0.29, 0.717) is 11.8 Å². The Hall–Kier alpha value is -1.13. The van der Waals surface area contributed by atoms with Gasteiger partial charge in [0.05, 0.1) is 18.2 Å². The first-order valence-electron chi connectivity index (χ1n) is 16.1. The lowest BCUT2D eigenvalue weighted by Crippen LogP contribution is -2.47. The second-order valence-corrected chi connectivity index (χ2v) is 13.5. The quantitative estimate of drug-likeness (QED) is 0.172. The predicted octanol–water partition coefficient (Wildman–Crippen LogP) is 8.76. The Bertz CT molecular complexity index is 887. The van der Waals surface area contributed by atoms with Crippen molar-refractivity contribution < 1.29 is 9.84 Å². The Labute approximate surface area is 238 Å². The number of unbranched alkanes of at least 4 members (excludes halogenated alkanes) is 8. The maximum absolute atomic E-state index is 10.9. The van der Waals surface area contributed by atoms with E-state index in [1.807, 2.05) is 0 Å². The molecule has 0 bridgehead atoms. The molecule has 4 heteroatoms. The number of rotatable bonds is 15. The first kappa shape index (κ1) is 29.8. The van der Waals surface area contributed by atoms with Crippen LogP contribution in [0.2, 0.25) is 0 Å². The summed E-state index contributed by atoms with van der Waals surface area (Å²) >= 11 is 5.45. The second-order valence-electron chi connectivity index (χ2n) is 13.0. The molecule has 3 nitrogen and oxygen atoms in total. The minimum absolute atomic E-state index is 0.0979. The summed E-state index contributed by atoms with van der Waals surface area (Å²) in [6, 6.07) is 6.86. The lowest BCUT2D eigenvalue weighted by molar-refractivity contribution is -0.0396. The zero-order valence-corrected chi connectivity index (χ0v) is 25.4. The van der Waals surface area contributed by atoms with Crippen LogP contribution in [0.5, 0.6) is 5.75 Å². The molecule has 0 unspecified atom stereocenters. The van der Waals surface area contributed by atoms with Crippen LogP contribution in [0, 0.1) is 23.2 Å². The van der Waals surface area contributed by atoms with Gasteiger partial charge in [-0.15, -0.1) is 0 Å². The molecule has 0 radical (unpaired) electrons. The van der Waals surface area contributed by atoms with Crippen LogP contribution >= 0.6 is 12.2 Å². The molecule has 1 aromatic rings. The number of nitrogens with one attached hydrogen (secondary N) is 1. The van der Waals surface area contributed by atoms with Crippen LogP contribution in [0.3, 0.4) is 0 Å². The van der Waals surface area contributed by atoms with Crippen LogP contribution in [0.4, 0.5) is 0 Å². The average molecular weight is 542 g/mol. The lowest BCUT2D eigenvalue weighted by atomic mass is 9.52. The largest absolute Gasteiger partial charge is 0.497 e. The Morgan fingerprint density at radius 1 is 1.03 bits per heavy atom. The summed E-state index contributed by atoms with van der Waals surface area (Å²) in [6.45, 7) is 5.67. The minimum Gasteiger partial charge on any atom is -0.497 e. The van der Waals surface area contributed by atoms with Gasteiger partial charge >= 0.3 is 0 Å². The SMILES string of the molecule is CCCCNC(=S)CCCCCCCCCC[C@@H]1Cc2cc(OC)ccc2[C@H]2CC[C@]3(C)[C@@H](O)CC[C@H]3[C@H]12. The molecule has 0 aliphatic heterocycles. The van der Waals surface area contributed by atoms with Gasteiger partial charge in [0.2, 0.25) is 0 Å². The van der Waals surface area contributed by atoms with Gasteiger partial charge in [-0.3, -0.25) is 0 Å². The summed E-state index contributed by atoms with van der Waals surface area (Å²) in [4.78, 5) is 1.06. The summed E-state index contributed by atoms with van der Waals surface area (Å²) in [6.07, 6.45) is 21.4. The Balaban J connectivity index is 1.21. The fourth-order valence-electron chi connectivity index (χ4n) is 8.39. The van der Waals surface area contributed by atoms with Gasteiger partial charge in [0.25, 0.3) is 0 Å². The molecule has 3 aliphatic rings. The molecule has 214 valence electrons. The van der Waals surface area contributed by atoms with Crippen LogP contribution < -0.4 is 10.1 Å². The smallest absolute Gasteiger partial charge is 0.119 e. The van der Waals surface area contributed by atoms with E-state index in [0.717, 1.165) is 42.0 Å². The normalized spacial score (nSPS) is 29.8. The molecular formula is C34H55NO2S. The van der Waals surface area contributed by atoms with Gasteiger partial charge < -0.3 is 15.2 Å². The van der Waals surface area contributed by atoms with Crippen LogP contribution in [0.15, 0.2) is 18.2 Å². The Kier molecular flexibility index (Phi) is 11.4. The van der Waals surface area contributed by atoms with Crippen LogP contribution in [0.1, 0.15) is 134 Å². The predicted molar refractivity (Wildman–Crippen MR) is 164 cm³/mol. The summed E-state index contributed by atoms with van der Waals surface area (Å²) in [7, 11) is 1.79. The monoisotopic (exact) mass is 541 g/mol. The van der Waals surface area contributed by atoms with Crippen molar-refractivity contribution in [3.8, 4) is 5.75 Å². The number of benzene rings is 1. The van der Waals surface area contributed by atoms with Gasteiger partial charge in [0.15, 0.2) is 0 Å². The lowest BCUT2D eigenvalue weighted by Gasteiger charge is -2.53. The van der Waals surface area contributed by atoms with Gasteiger partial charge in [0.1, 0.15) is 5.75 Å². The Morgan fingerprint density at radius 2 is 1.76 bits per heavy atom. The molecule has 0 heterocycles. The van der Waals surface area contributed by atoms with Crippen molar-refractivity contribution in [1.29, 1.82) is 0 Å². The van der Waals surface area contributed by atoms with Gasteiger partial charge in [-0.2, -0.15) is 0 Å². The molecule has 2 saturated carbocycles. The number of fused-ring (bicyclic) bond motifs is 5. The number of aliphatic hydroxyl groups excluding tert-OH is 1. The van der Waals surface area contributed by atoms with E-state index in [1.54, 1.807) is 12.7 Å². The van der Waals surface area contributed by atoms with Gasteiger partial charge in [0, 0.05) is 6.54 Å². The molecule has 2 fully saturated rings. The summed E-state index contributed by atoms with van der Waals surface area (Å²) in [5, 5.41) is 14.3. The number of hydrogen-bond acceptors (Lipinski definition) is 3. The molecule has 0 aromatic heterocycles. The summed E-state index contributed by atoms with van der Waals surface area (Å²) in [5.41, 5.74) is 3.27. The van der Waals surface area contributed by atoms with Gasteiger partial charge in [-0.05, 0) is 110 Å². The van der Waals surface area contributed by atoms with E-state index in [4.69, 9.17) is 17.0 Å². The fourth-order valence-corrected chi connectivity index (χ4v) is 8.64. The minimum atomic E-state index is -0.0979. The number of aliphatic hydroxyl groups is 1. The highest BCUT2D eigenvalue weighted by Gasteiger charge is 2.56. The van der Waals surface area contributed by atoms with Crippen LogP contribution in [-0.4, -0.2) is 29.9 Å². The van der Waals surface area contributed by atoms with Crippen molar-refractivity contribution in [2.45, 2.75) is 135 Å². The Morgan fingerprint density at radius 3 is 2.50 bits per heavy atom. The highest BCUT2D eigenvalue weighted by molar-refractivity contribution is 7.80. The van der Waals surface area contributed by atoms with E-state index in [1.165, 1.54) is 102 Å². The molecular weight excluding hydrogens is 486 g/mol. The van der Waals surface area contributed by atoms with Gasteiger partial charge in [-0.25, -0.2) is 0 Å². The molecule has 1 aromatic carbocycles. The number of methoxy groups -OCH3 is 1. The van der Waals surface area contributed by atoms with Crippen molar-refractivity contribution in [2.24, 2.45) is 23.2 Å². The van der Waals surface area contributed by atoms with Crippen molar-refractivity contribution in [1.82, 2.24) is 5.32 Å². The van der Waals surface area contributed by atoms with E-state index in [2.05, 4.69) is 37.4 Å². The summed E-state index contributed by atoms with van der Waals surface area (Å²) < 4.78 is 5.60. The average Bonchev–Trinajstić information content (AvgIpc) is 3.23. The summed E-state index contributed by atoms with van der Waals surface area (Å²) in [5.74, 6) is 3.87. The highest BCUT2D eigenvalue weighted by Crippen LogP contribution is 2.62. The second kappa shape index (κ2) is 14.5. The third-order valence-electron chi connectivity index (χ3n) is 10.6. The molecule has 0 saturated heterocycles. The topological polar surface area (TPSA) is 41.5 Å². The maximum Gasteiger partial charge on any atom is 0.119 e. The molecule has 0 spiro atoms. The maximum atomic E-state index is 10.9. The van der Waals surface area contributed by atoms with E-state index in [9.17, 15) is 5.11 Å². The van der Waals surface area contributed by atoms with Crippen molar-refractivity contribution in [3.63, 3.8) is 0 Å². The number of thiocarbonyl (C=S) groups is 1. The van der Waals surface area contributed by atoms with Crippen LogP contribution in [-0.2, 0) is 6.42 Å². The first-order chi connectivity index (χ1) is 18.5. The van der Waals surface area contributed by atoms with E-state index >= 15 is 0 Å². The standard InChI is InChI=1S/C34H55NO2S/c1-4-5-22-35-32(38)15-13-11-9-7-6-8-10-12-14-25-23-26-24-27(37-3)16-17-28(26)29-20-21-34(2)30(33(25)29)18-19-31(34)36/h16-17,24-25,29-31,33,36H,4-15,18-23H2,1-3H3,(H,35,38)/t25-,29-,30+,31+,33-,34+/m1/s1. The first-order valence-corrected chi connectivity index (χ1v) is 16.5. The van der Waals surface area contributed by atoms with E-state index in [-0.39, 0.29) is 11.5 Å². The molecule has 0 amide bonds. The number of hydrogen-bond donors (Lipinski definition) is 2. The van der Waals surface area contributed by atoms with Crippen molar-refractivity contribution >= 4 is 17.2 Å². The fraction of sp³-hybridized carbons (Fsp3) is 0.794. The molecule has 3 aliphatic carbocycles. The third-order valence-corrected chi connectivity index (χ3v) is 11.0. The molecule has 2 N–H and O–H groups in total. The highest BCUT2D eigenvalue weighted by atomic mass is 32.1. The zero-order valence-electron chi connectivity index (χ0n) is 24.6. The third kappa shape index (κ3) is 7.14. The van der Waals surface area contributed by atoms with Crippen molar-refractivity contribution in [3.05, 3.63) is 29.3 Å². The molecule has 4 rings (SSSR count). The van der Waals surface area contributed by atoms with Gasteiger partial charge in [-0.1, -0.05) is 83.5 Å². The van der Waals surface area contributed by atoms with Crippen LogP contribution in [0.25, 0.3) is 0 Å². The van der Waals surface area contributed by atoms with E-state index < -0.39 is 0 Å². The molecule has 38 heavy (non-hydrogen) atoms. The number of ether oxygens (including phenoxy) is 1. The zero-order chi connectivity index (χ0) is 27.0.